The zero-order chi connectivity index (χ0) is 14.4. The van der Waals surface area contributed by atoms with E-state index in [1.165, 1.54) is 0 Å². The van der Waals surface area contributed by atoms with Crippen LogP contribution in [-0.2, 0) is 4.79 Å². The van der Waals surface area contributed by atoms with E-state index < -0.39 is 18.0 Å². The predicted octanol–water partition coefficient (Wildman–Crippen LogP) is 2.62. The van der Waals surface area contributed by atoms with Crippen molar-refractivity contribution in [1.29, 1.82) is 0 Å². The van der Waals surface area contributed by atoms with Crippen molar-refractivity contribution >= 4 is 17.7 Å². The average molecular weight is 264 g/mol. The highest BCUT2D eigenvalue weighted by Crippen LogP contribution is 2.13. The van der Waals surface area contributed by atoms with E-state index in [-0.39, 0.29) is 5.92 Å². The van der Waals surface area contributed by atoms with Gasteiger partial charge >= 0.3 is 12.0 Å². The van der Waals surface area contributed by atoms with Crippen LogP contribution in [0.3, 0.4) is 0 Å². The van der Waals surface area contributed by atoms with Crippen LogP contribution in [0.2, 0.25) is 0 Å². The second-order valence-corrected chi connectivity index (χ2v) is 4.93. The van der Waals surface area contributed by atoms with Gasteiger partial charge in [-0.05, 0) is 30.9 Å². The van der Waals surface area contributed by atoms with Crippen molar-refractivity contribution in [3.05, 3.63) is 29.8 Å². The minimum absolute atomic E-state index is 0.194. The molecule has 0 aliphatic rings. The van der Waals surface area contributed by atoms with Gasteiger partial charge in [0.1, 0.15) is 6.04 Å². The van der Waals surface area contributed by atoms with E-state index in [0.29, 0.717) is 12.1 Å². The molecular formula is C14H20N2O3. The molecule has 19 heavy (non-hydrogen) atoms. The Hall–Kier alpha value is -2.04. The Morgan fingerprint density at radius 3 is 2.42 bits per heavy atom. The van der Waals surface area contributed by atoms with E-state index in [1.807, 2.05) is 39.0 Å². The van der Waals surface area contributed by atoms with Crippen molar-refractivity contribution in [2.24, 2.45) is 5.92 Å². The van der Waals surface area contributed by atoms with Crippen molar-refractivity contribution in [3.63, 3.8) is 0 Å². The first-order chi connectivity index (χ1) is 8.90. The van der Waals surface area contributed by atoms with Gasteiger partial charge in [0.25, 0.3) is 0 Å². The van der Waals surface area contributed by atoms with E-state index in [9.17, 15) is 9.59 Å². The summed E-state index contributed by atoms with van der Waals surface area (Å²) in [5, 5.41) is 14.2. The van der Waals surface area contributed by atoms with Crippen LogP contribution >= 0.6 is 0 Å². The molecule has 1 atom stereocenters. The van der Waals surface area contributed by atoms with Gasteiger partial charge in [0.05, 0.1) is 0 Å². The number of aliphatic carboxylic acids is 1. The summed E-state index contributed by atoms with van der Waals surface area (Å²) in [6, 6.07) is 5.96. The number of benzene rings is 1. The van der Waals surface area contributed by atoms with Gasteiger partial charge in [-0.2, -0.15) is 0 Å². The number of carbonyl (C=O) groups is 2. The van der Waals surface area contributed by atoms with Crippen molar-refractivity contribution in [2.45, 2.75) is 33.2 Å². The SMILES string of the molecule is Cc1ccccc1NC(=O)N[C@H](CC(C)C)C(=O)O. The maximum absolute atomic E-state index is 11.8. The third-order valence-electron chi connectivity index (χ3n) is 2.70. The molecule has 0 aromatic heterocycles. The number of para-hydroxylation sites is 1. The summed E-state index contributed by atoms with van der Waals surface area (Å²) in [5.74, 6) is -0.825. The molecule has 5 nitrogen and oxygen atoms in total. The molecule has 0 aliphatic carbocycles. The van der Waals surface area contributed by atoms with E-state index in [2.05, 4.69) is 10.6 Å². The van der Waals surface area contributed by atoms with Crippen molar-refractivity contribution in [1.82, 2.24) is 5.32 Å². The topological polar surface area (TPSA) is 78.4 Å². The predicted molar refractivity (Wildman–Crippen MR) is 74.2 cm³/mol. The number of carbonyl (C=O) groups excluding carboxylic acids is 1. The molecule has 104 valence electrons. The van der Waals surface area contributed by atoms with Crippen LogP contribution in [0, 0.1) is 12.8 Å². The van der Waals surface area contributed by atoms with Gasteiger partial charge in [-0.25, -0.2) is 9.59 Å². The highest BCUT2D eigenvalue weighted by Gasteiger charge is 2.21. The molecule has 0 radical (unpaired) electrons. The largest absolute Gasteiger partial charge is 0.480 e. The van der Waals surface area contributed by atoms with Gasteiger partial charge in [-0.1, -0.05) is 32.0 Å². The molecule has 0 saturated heterocycles. The Morgan fingerprint density at radius 1 is 1.26 bits per heavy atom. The lowest BCUT2D eigenvalue weighted by Crippen LogP contribution is -2.43. The number of aryl methyl sites for hydroxylation is 1. The summed E-state index contributed by atoms with van der Waals surface area (Å²) in [6.07, 6.45) is 0.399. The third kappa shape index (κ3) is 4.99. The van der Waals surface area contributed by atoms with Crippen molar-refractivity contribution in [3.8, 4) is 0 Å². The first-order valence-corrected chi connectivity index (χ1v) is 6.26. The fraction of sp³-hybridized carbons (Fsp3) is 0.429. The smallest absolute Gasteiger partial charge is 0.326 e. The van der Waals surface area contributed by atoms with Crippen LogP contribution in [0.4, 0.5) is 10.5 Å². The van der Waals surface area contributed by atoms with Gasteiger partial charge in [0.2, 0.25) is 0 Å². The Morgan fingerprint density at radius 2 is 1.89 bits per heavy atom. The van der Waals surface area contributed by atoms with E-state index in [1.54, 1.807) is 6.07 Å². The zero-order valence-corrected chi connectivity index (χ0v) is 11.4. The maximum atomic E-state index is 11.8. The highest BCUT2D eigenvalue weighted by atomic mass is 16.4. The summed E-state index contributed by atoms with van der Waals surface area (Å²) >= 11 is 0. The molecule has 1 rings (SSSR count). The molecule has 0 spiro atoms. The lowest BCUT2D eigenvalue weighted by Gasteiger charge is -2.17. The first kappa shape index (κ1) is 15.0. The Balaban J connectivity index is 2.63. The Labute approximate surface area is 113 Å². The standard InChI is InChI=1S/C14H20N2O3/c1-9(2)8-12(13(17)18)16-14(19)15-11-7-5-4-6-10(11)3/h4-7,9,12H,8H2,1-3H3,(H,17,18)(H2,15,16,19)/t12-/m1/s1. The van der Waals surface area contributed by atoms with Crippen LogP contribution < -0.4 is 10.6 Å². The van der Waals surface area contributed by atoms with Crippen LogP contribution in [0.1, 0.15) is 25.8 Å². The van der Waals surface area contributed by atoms with E-state index in [0.717, 1.165) is 5.56 Å². The number of hydrogen-bond donors (Lipinski definition) is 3. The molecule has 0 aliphatic heterocycles. The number of nitrogens with one attached hydrogen (secondary N) is 2. The van der Waals surface area contributed by atoms with E-state index >= 15 is 0 Å². The molecule has 1 aromatic rings. The average Bonchev–Trinajstić information content (AvgIpc) is 2.30. The van der Waals surface area contributed by atoms with Gasteiger partial charge in [-0.3, -0.25) is 0 Å². The zero-order valence-electron chi connectivity index (χ0n) is 11.4. The Bertz CT molecular complexity index is 458. The molecule has 0 unspecified atom stereocenters. The number of urea groups is 1. The number of amides is 2. The van der Waals surface area contributed by atoms with Crippen LogP contribution in [0.25, 0.3) is 0 Å². The normalized spacial score (nSPS) is 12.0. The van der Waals surface area contributed by atoms with Crippen molar-refractivity contribution < 1.29 is 14.7 Å². The molecule has 2 amide bonds. The second-order valence-electron chi connectivity index (χ2n) is 4.93. The number of anilines is 1. The quantitative estimate of drug-likeness (QED) is 0.765. The molecule has 0 fully saturated rings. The molecule has 5 heteroatoms. The minimum atomic E-state index is -1.02. The molecular weight excluding hydrogens is 244 g/mol. The number of rotatable bonds is 5. The number of hydrogen-bond acceptors (Lipinski definition) is 2. The molecule has 0 heterocycles. The minimum Gasteiger partial charge on any atom is -0.480 e. The summed E-state index contributed by atoms with van der Waals surface area (Å²) in [6.45, 7) is 5.70. The summed E-state index contributed by atoms with van der Waals surface area (Å²) in [5.41, 5.74) is 1.60. The fourth-order valence-electron chi connectivity index (χ4n) is 1.72. The Kier molecular flexibility index (Phi) is 5.36. The van der Waals surface area contributed by atoms with Crippen LogP contribution in [0.15, 0.2) is 24.3 Å². The van der Waals surface area contributed by atoms with Crippen molar-refractivity contribution in [2.75, 3.05) is 5.32 Å². The van der Waals surface area contributed by atoms with Gasteiger partial charge < -0.3 is 15.7 Å². The number of carboxylic acids is 1. The lowest BCUT2D eigenvalue weighted by molar-refractivity contribution is -0.139. The molecule has 3 N–H and O–H groups in total. The lowest BCUT2D eigenvalue weighted by atomic mass is 10.0. The molecule has 1 aromatic carbocycles. The maximum Gasteiger partial charge on any atom is 0.326 e. The number of carboxylic acid groups (broad SMARTS) is 1. The summed E-state index contributed by atoms with van der Waals surface area (Å²) in [7, 11) is 0. The molecule has 0 bridgehead atoms. The third-order valence-corrected chi connectivity index (χ3v) is 2.70. The molecule has 0 saturated carbocycles. The van der Waals surface area contributed by atoms with Crippen LogP contribution in [0.5, 0.6) is 0 Å². The summed E-state index contributed by atoms with van der Waals surface area (Å²) in [4.78, 5) is 22.8. The second kappa shape index (κ2) is 6.78. The van der Waals surface area contributed by atoms with Gasteiger partial charge in [0, 0.05) is 5.69 Å². The van der Waals surface area contributed by atoms with Crippen LogP contribution in [-0.4, -0.2) is 23.1 Å². The highest BCUT2D eigenvalue weighted by molar-refractivity contribution is 5.92. The summed E-state index contributed by atoms with van der Waals surface area (Å²) < 4.78 is 0. The van der Waals surface area contributed by atoms with E-state index in [4.69, 9.17) is 5.11 Å². The first-order valence-electron chi connectivity index (χ1n) is 6.26. The van der Waals surface area contributed by atoms with Gasteiger partial charge in [0.15, 0.2) is 0 Å². The van der Waals surface area contributed by atoms with Gasteiger partial charge in [-0.15, -0.1) is 0 Å². The monoisotopic (exact) mass is 264 g/mol. The fourth-order valence-corrected chi connectivity index (χ4v) is 1.72.